The SMILES string of the molecule is CCOCc1nnc2n1Cc1c(C3=N[C@@H](c4cccc(C(F)(F)F)c4)CO3)ncn1-c1ccc(Cl)cc1-2. The highest BCUT2D eigenvalue weighted by Gasteiger charge is 2.33. The van der Waals surface area contributed by atoms with E-state index >= 15 is 0 Å². The molecule has 4 heterocycles. The summed E-state index contributed by atoms with van der Waals surface area (Å²) in [6.45, 7) is 3.16. The zero-order valence-corrected chi connectivity index (χ0v) is 20.3. The van der Waals surface area contributed by atoms with Gasteiger partial charge in [0.15, 0.2) is 11.6 Å². The molecule has 0 saturated carbocycles. The summed E-state index contributed by atoms with van der Waals surface area (Å²) >= 11 is 6.32. The fraction of sp³-hybridized carbons (Fsp3) is 0.280. The Kier molecular flexibility index (Phi) is 5.76. The lowest BCUT2D eigenvalue weighted by molar-refractivity contribution is -0.137. The van der Waals surface area contributed by atoms with Gasteiger partial charge < -0.3 is 14.0 Å². The molecule has 190 valence electrons. The fourth-order valence-electron chi connectivity index (χ4n) is 4.56. The Morgan fingerprint density at radius 3 is 2.84 bits per heavy atom. The maximum absolute atomic E-state index is 13.2. The van der Waals surface area contributed by atoms with Gasteiger partial charge in [-0.15, -0.1) is 10.2 Å². The number of benzene rings is 2. The van der Waals surface area contributed by atoms with Gasteiger partial charge in [-0.25, -0.2) is 9.98 Å². The second-order valence-corrected chi connectivity index (χ2v) is 9.06. The summed E-state index contributed by atoms with van der Waals surface area (Å²) in [6, 6.07) is 10.1. The second kappa shape index (κ2) is 9.00. The van der Waals surface area contributed by atoms with Crippen LogP contribution in [0.25, 0.3) is 17.1 Å². The normalized spacial score (nSPS) is 16.5. The van der Waals surface area contributed by atoms with Crippen molar-refractivity contribution in [1.29, 1.82) is 0 Å². The monoisotopic (exact) mass is 528 g/mol. The molecule has 0 saturated heterocycles. The molecule has 0 unspecified atom stereocenters. The Hall–Kier alpha value is -3.70. The van der Waals surface area contributed by atoms with E-state index in [1.54, 1.807) is 18.5 Å². The van der Waals surface area contributed by atoms with Crippen LogP contribution in [0.5, 0.6) is 0 Å². The van der Waals surface area contributed by atoms with E-state index in [1.807, 2.05) is 28.2 Å². The lowest BCUT2D eigenvalue weighted by atomic mass is 10.0. The highest BCUT2D eigenvalue weighted by Crippen LogP contribution is 2.36. The molecule has 2 aliphatic heterocycles. The third-order valence-electron chi connectivity index (χ3n) is 6.35. The number of aromatic nitrogens is 5. The molecule has 2 aromatic heterocycles. The number of imidazole rings is 1. The van der Waals surface area contributed by atoms with Crippen LogP contribution in [0.2, 0.25) is 5.02 Å². The van der Waals surface area contributed by atoms with Gasteiger partial charge in [0.05, 0.1) is 23.5 Å². The topological polar surface area (TPSA) is 79.3 Å². The van der Waals surface area contributed by atoms with Crippen molar-refractivity contribution in [2.24, 2.45) is 4.99 Å². The molecule has 6 rings (SSSR count). The number of fused-ring (bicyclic) bond motifs is 5. The zero-order chi connectivity index (χ0) is 25.7. The quantitative estimate of drug-likeness (QED) is 0.312. The van der Waals surface area contributed by atoms with Crippen LogP contribution in [-0.4, -0.2) is 43.4 Å². The van der Waals surface area contributed by atoms with E-state index in [4.69, 9.17) is 21.1 Å². The Bertz CT molecular complexity index is 1530. The largest absolute Gasteiger partial charge is 0.474 e. The summed E-state index contributed by atoms with van der Waals surface area (Å²) in [5, 5.41) is 9.29. The third kappa shape index (κ3) is 4.17. The van der Waals surface area contributed by atoms with Gasteiger partial charge in [0.1, 0.15) is 31.3 Å². The molecule has 0 fully saturated rings. The first-order chi connectivity index (χ1) is 17.8. The molecule has 0 N–H and O–H groups in total. The average molecular weight is 529 g/mol. The molecule has 0 radical (unpaired) electrons. The summed E-state index contributed by atoms with van der Waals surface area (Å²) in [5.74, 6) is 1.55. The van der Waals surface area contributed by atoms with Crippen molar-refractivity contribution in [1.82, 2.24) is 24.3 Å². The number of aliphatic imine (C=N–C) groups is 1. The molecule has 0 aliphatic carbocycles. The Morgan fingerprint density at radius 2 is 2.03 bits per heavy atom. The van der Waals surface area contributed by atoms with Gasteiger partial charge in [0, 0.05) is 17.2 Å². The Morgan fingerprint density at radius 1 is 1.16 bits per heavy atom. The average Bonchev–Trinajstić information content (AvgIpc) is 3.60. The molecular weight excluding hydrogens is 509 g/mol. The first-order valence-electron chi connectivity index (χ1n) is 11.6. The minimum absolute atomic E-state index is 0.114. The van der Waals surface area contributed by atoms with Crippen molar-refractivity contribution >= 4 is 17.5 Å². The smallest absolute Gasteiger partial charge is 0.416 e. The van der Waals surface area contributed by atoms with Gasteiger partial charge in [-0.2, -0.15) is 13.2 Å². The van der Waals surface area contributed by atoms with Gasteiger partial charge in [0.25, 0.3) is 0 Å². The minimum Gasteiger partial charge on any atom is -0.474 e. The van der Waals surface area contributed by atoms with Crippen LogP contribution in [0.3, 0.4) is 0 Å². The van der Waals surface area contributed by atoms with Crippen molar-refractivity contribution in [2.75, 3.05) is 13.2 Å². The molecule has 2 aliphatic rings. The van der Waals surface area contributed by atoms with E-state index in [2.05, 4.69) is 20.2 Å². The number of halogens is 4. The van der Waals surface area contributed by atoms with E-state index in [9.17, 15) is 13.2 Å². The number of hydrogen-bond donors (Lipinski definition) is 0. The molecule has 37 heavy (non-hydrogen) atoms. The number of rotatable bonds is 5. The third-order valence-corrected chi connectivity index (χ3v) is 6.58. The van der Waals surface area contributed by atoms with Crippen LogP contribution >= 0.6 is 11.6 Å². The molecule has 0 spiro atoms. The second-order valence-electron chi connectivity index (χ2n) is 8.62. The van der Waals surface area contributed by atoms with E-state index in [0.29, 0.717) is 41.1 Å². The first-order valence-corrected chi connectivity index (χ1v) is 12.0. The van der Waals surface area contributed by atoms with Gasteiger partial charge >= 0.3 is 6.18 Å². The predicted octanol–water partition coefficient (Wildman–Crippen LogP) is 5.22. The number of hydrogen-bond acceptors (Lipinski definition) is 6. The van der Waals surface area contributed by atoms with Gasteiger partial charge in [-0.1, -0.05) is 23.7 Å². The van der Waals surface area contributed by atoms with E-state index in [1.165, 1.54) is 6.07 Å². The van der Waals surface area contributed by atoms with Crippen molar-refractivity contribution in [2.45, 2.75) is 32.3 Å². The highest BCUT2D eigenvalue weighted by molar-refractivity contribution is 6.31. The number of nitrogens with zero attached hydrogens (tertiary/aromatic N) is 6. The van der Waals surface area contributed by atoms with Crippen molar-refractivity contribution in [3.63, 3.8) is 0 Å². The first kappa shape index (κ1) is 23.7. The summed E-state index contributed by atoms with van der Waals surface area (Å²) in [7, 11) is 0. The Balaban J connectivity index is 1.43. The maximum Gasteiger partial charge on any atom is 0.416 e. The molecule has 8 nitrogen and oxygen atoms in total. The fourth-order valence-corrected chi connectivity index (χ4v) is 4.73. The number of alkyl halides is 3. The Labute approximate surface area is 214 Å². The summed E-state index contributed by atoms with van der Waals surface area (Å²) in [4.78, 5) is 9.20. The van der Waals surface area contributed by atoms with E-state index < -0.39 is 17.8 Å². The van der Waals surface area contributed by atoms with E-state index in [0.717, 1.165) is 29.1 Å². The van der Waals surface area contributed by atoms with Gasteiger partial charge in [0.2, 0.25) is 5.90 Å². The molecular formula is C25H20ClF3N6O2. The minimum atomic E-state index is -4.44. The molecule has 4 aromatic rings. The van der Waals surface area contributed by atoms with Gasteiger partial charge in [-0.3, -0.25) is 4.57 Å². The van der Waals surface area contributed by atoms with Crippen LogP contribution in [0.4, 0.5) is 13.2 Å². The molecule has 2 aromatic carbocycles. The number of ether oxygens (including phenoxy) is 2. The van der Waals surface area contributed by atoms with Gasteiger partial charge in [-0.05, 0) is 42.8 Å². The highest BCUT2D eigenvalue weighted by atomic mass is 35.5. The molecule has 0 bridgehead atoms. The standard InChI is InChI=1S/C25H20ClF3N6O2/c1-2-36-12-21-32-33-23-17-9-16(26)6-7-19(17)35-13-30-22(20(35)10-34(21)23)24-31-18(11-37-24)14-4-3-5-15(8-14)25(27,28)29/h3-9,13,18H,2,10-12H2,1H3/t18-/m1/s1. The molecule has 0 amide bonds. The molecule has 12 heteroatoms. The predicted molar refractivity (Wildman–Crippen MR) is 129 cm³/mol. The van der Waals surface area contributed by atoms with Crippen molar-refractivity contribution < 1.29 is 22.6 Å². The summed E-state index contributed by atoms with van der Waals surface area (Å²) in [5.41, 5.74) is 2.56. The van der Waals surface area contributed by atoms with Crippen LogP contribution in [0.1, 0.15) is 41.3 Å². The van der Waals surface area contributed by atoms with E-state index in [-0.39, 0.29) is 19.1 Å². The summed E-state index contributed by atoms with van der Waals surface area (Å²) in [6.07, 6.45) is -2.77. The molecule has 1 atom stereocenters. The van der Waals surface area contributed by atoms with Crippen LogP contribution in [0, 0.1) is 0 Å². The van der Waals surface area contributed by atoms with Crippen LogP contribution < -0.4 is 0 Å². The zero-order valence-electron chi connectivity index (χ0n) is 19.5. The van der Waals surface area contributed by atoms with Crippen LogP contribution in [0.15, 0.2) is 53.8 Å². The lowest BCUT2D eigenvalue weighted by Crippen LogP contribution is -2.13. The maximum atomic E-state index is 13.2. The van der Waals surface area contributed by atoms with Crippen molar-refractivity contribution in [3.05, 3.63) is 82.2 Å². The van der Waals surface area contributed by atoms with Crippen LogP contribution in [-0.2, 0) is 28.8 Å². The lowest BCUT2D eigenvalue weighted by Gasteiger charge is -2.10. The summed E-state index contributed by atoms with van der Waals surface area (Å²) < 4.78 is 55.0. The van der Waals surface area contributed by atoms with Crippen molar-refractivity contribution in [3.8, 4) is 17.1 Å².